The molecule has 1 saturated carbocycles. The fourth-order valence-electron chi connectivity index (χ4n) is 3.21. The number of nitrogens with one attached hydrogen (secondary N) is 1. The van der Waals surface area contributed by atoms with Crippen LogP contribution in [-0.2, 0) is 17.8 Å². The van der Waals surface area contributed by atoms with Crippen molar-refractivity contribution in [3.63, 3.8) is 0 Å². The van der Waals surface area contributed by atoms with Gasteiger partial charge in [-0.25, -0.2) is 0 Å². The normalized spacial score (nSPS) is 30.6. The predicted octanol–water partition coefficient (Wildman–Crippen LogP) is 0.393. The molecule has 1 saturated heterocycles. The molecule has 6 heteroatoms. The van der Waals surface area contributed by atoms with E-state index >= 15 is 0 Å². The van der Waals surface area contributed by atoms with Crippen molar-refractivity contribution in [2.24, 2.45) is 0 Å². The molecular weight excluding hydrogens is 254 g/mol. The predicted molar refractivity (Wildman–Crippen MR) is 74.2 cm³/mol. The Bertz CT molecular complexity index is 458. The quantitative estimate of drug-likeness (QED) is 0.844. The van der Waals surface area contributed by atoms with Crippen LogP contribution in [0.3, 0.4) is 0 Å². The summed E-state index contributed by atoms with van der Waals surface area (Å²) < 4.78 is 8.31. The van der Waals surface area contributed by atoms with Crippen molar-refractivity contribution in [3.8, 4) is 0 Å². The summed E-state index contributed by atoms with van der Waals surface area (Å²) in [7, 11) is 0. The molecule has 110 valence electrons. The zero-order valence-electron chi connectivity index (χ0n) is 11.9. The van der Waals surface area contributed by atoms with Crippen LogP contribution in [0.4, 0.5) is 0 Å². The van der Waals surface area contributed by atoms with E-state index in [1.165, 1.54) is 25.7 Å². The lowest BCUT2D eigenvalue weighted by Crippen LogP contribution is -2.39. The van der Waals surface area contributed by atoms with Gasteiger partial charge < -0.3 is 14.6 Å². The third kappa shape index (κ3) is 2.87. The number of hydrogen-bond donors (Lipinski definition) is 1. The summed E-state index contributed by atoms with van der Waals surface area (Å²) in [5.74, 6) is 1.08. The molecule has 1 aromatic heterocycles. The van der Waals surface area contributed by atoms with E-state index in [0.29, 0.717) is 12.2 Å². The van der Waals surface area contributed by atoms with E-state index in [0.717, 1.165) is 44.6 Å². The fraction of sp³-hybridized carbons (Fsp3) is 0.857. The molecule has 4 rings (SSSR count). The van der Waals surface area contributed by atoms with Crippen LogP contribution in [0.25, 0.3) is 0 Å². The Balaban J connectivity index is 1.24. The number of aromatic nitrogens is 3. The minimum absolute atomic E-state index is 0.399. The van der Waals surface area contributed by atoms with Crippen LogP contribution in [0.5, 0.6) is 0 Å². The van der Waals surface area contributed by atoms with Crippen molar-refractivity contribution >= 4 is 0 Å². The van der Waals surface area contributed by atoms with Crippen LogP contribution in [-0.4, -0.2) is 57.5 Å². The van der Waals surface area contributed by atoms with Gasteiger partial charge in [-0.3, -0.25) is 4.90 Å². The van der Waals surface area contributed by atoms with Crippen molar-refractivity contribution in [1.29, 1.82) is 0 Å². The summed E-state index contributed by atoms with van der Waals surface area (Å²) >= 11 is 0. The Kier molecular flexibility index (Phi) is 3.45. The number of nitrogens with zero attached hydrogens (tertiary/aromatic N) is 4. The summed E-state index contributed by atoms with van der Waals surface area (Å²) in [4.78, 5) is 2.45. The maximum absolute atomic E-state index is 6.16. The SMILES string of the molecule is c1nnc2n1CCN(CC1CCC(CNC3CC3)O1)C2. The van der Waals surface area contributed by atoms with E-state index in [9.17, 15) is 0 Å². The summed E-state index contributed by atoms with van der Waals surface area (Å²) in [6.45, 7) is 5.06. The number of hydrogen-bond acceptors (Lipinski definition) is 5. The third-order valence-corrected chi connectivity index (χ3v) is 4.59. The van der Waals surface area contributed by atoms with E-state index in [4.69, 9.17) is 4.74 Å². The highest BCUT2D eigenvalue weighted by molar-refractivity contribution is 4.91. The lowest BCUT2D eigenvalue weighted by Gasteiger charge is -2.29. The maximum atomic E-state index is 6.16. The topological polar surface area (TPSA) is 55.2 Å². The van der Waals surface area contributed by atoms with Crippen LogP contribution < -0.4 is 5.32 Å². The molecule has 3 aliphatic rings. The average molecular weight is 277 g/mol. The van der Waals surface area contributed by atoms with Gasteiger partial charge in [-0.05, 0) is 25.7 Å². The van der Waals surface area contributed by atoms with Gasteiger partial charge in [-0.15, -0.1) is 10.2 Å². The minimum atomic E-state index is 0.399. The first kappa shape index (κ1) is 12.7. The molecule has 2 aliphatic heterocycles. The lowest BCUT2D eigenvalue weighted by atomic mass is 10.2. The second kappa shape index (κ2) is 5.42. The molecule has 0 aromatic carbocycles. The molecule has 3 heterocycles. The Hall–Kier alpha value is -0.980. The van der Waals surface area contributed by atoms with Gasteiger partial charge in [0.15, 0.2) is 0 Å². The standard InChI is InChI=1S/C14H23N5O/c1-2-11(1)15-7-12-3-4-13(20-12)8-18-5-6-19-10-16-17-14(19)9-18/h10-13,15H,1-9H2. The number of ether oxygens (including phenoxy) is 1. The Morgan fingerprint density at radius 2 is 2.10 bits per heavy atom. The van der Waals surface area contributed by atoms with Gasteiger partial charge in [0.2, 0.25) is 0 Å². The van der Waals surface area contributed by atoms with E-state index < -0.39 is 0 Å². The Morgan fingerprint density at radius 1 is 1.20 bits per heavy atom. The highest BCUT2D eigenvalue weighted by Crippen LogP contribution is 2.23. The largest absolute Gasteiger partial charge is 0.372 e. The first-order valence-electron chi connectivity index (χ1n) is 7.85. The van der Waals surface area contributed by atoms with Gasteiger partial charge in [0, 0.05) is 32.2 Å². The summed E-state index contributed by atoms with van der Waals surface area (Å²) in [6, 6.07) is 0.783. The van der Waals surface area contributed by atoms with Crippen LogP contribution in [0.15, 0.2) is 6.33 Å². The molecule has 0 radical (unpaired) electrons. The molecule has 0 amide bonds. The smallest absolute Gasteiger partial charge is 0.147 e. The first-order valence-corrected chi connectivity index (χ1v) is 7.85. The molecule has 0 bridgehead atoms. The van der Waals surface area contributed by atoms with Crippen molar-refractivity contribution in [1.82, 2.24) is 25.0 Å². The van der Waals surface area contributed by atoms with E-state index in [1.807, 2.05) is 6.33 Å². The van der Waals surface area contributed by atoms with E-state index in [1.54, 1.807) is 0 Å². The molecule has 2 atom stereocenters. The van der Waals surface area contributed by atoms with Gasteiger partial charge in [0.1, 0.15) is 12.2 Å². The highest BCUT2D eigenvalue weighted by atomic mass is 16.5. The van der Waals surface area contributed by atoms with Gasteiger partial charge in [0.25, 0.3) is 0 Å². The van der Waals surface area contributed by atoms with Crippen molar-refractivity contribution in [3.05, 3.63) is 12.2 Å². The molecule has 1 aliphatic carbocycles. The molecular formula is C14H23N5O. The number of rotatable bonds is 5. The first-order chi connectivity index (χ1) is 9.87. The zero-order valence-corrected chi connectivity index (χ0v) is 11.9. The zero-order chi connectivity index (χ0) is 13.4. The molecule has 1 aromatic rings. The summed E-state index contributed by atoms with van der Waals surface area (Å²) in [5.41, 5.74) is 0. The minimum Gasteiger partial charge on any atom is -0.372 e. The average Bonchev–Trinajstić information content (AvgIpc) is 2.99. The fourth-order valence-corrected chi connectivity index (χ4v) is 3.21. The molecule has 2 unspecified atom stereocenters. The van der Waals surface area contributed by atoms with Crippen LogP contribution in [0.1, 0.15) is 31.5 Å². The Labute approximate surface area is 119 Å². The summed E-state index contributed by atoms with van der Waals surface area (Å²) in [5, 5.41) is 11.7. The molecule has 0 spiro atoms. The monoisotopic (exact) mass is 277 g/mol. The van der Waals surface area contributed by atoms with Crippen molar-refractivity contribution in [2.45, 2.75) is 57.0 Å². The van der Waals surface area contributed by atoms with Gasteiger partial charge in [0.05, 0.1) is 18.8 Å². The second-order valence-corrected chi connectivity index (χ2v) is 6.32. The van der Waals surface area contributed by atoms with E-state index in [2.05, 4.69) is 25.0 Å². The lowest BCUT2D eigenvalue weighted by molar-refractivity contribution is 0.0178. The van der Waals surface area contributed by atoms with Gasteiger partial charge in [-0.2, -0.15) is 0 Å². The van der Waals surface area contributed by atoms with Gasteiger partial charge >= 0.3 is 0 Å². The highest BCUT2D eigenvalue weighted by Gasteiger charge is 2.30. The molecule has 20 heavy (non-hydrogen) atoms. The van der Waals surface area contributed by atoms with Crippen molar-refractivity contribution < 1.29 is 4.74 Å². The second-order valence-electron chi connectivity index (χ2n) is 6.32. The van der Waals surface area contributed by atoms with E-state index in [-0.39, 0.29) is 0 Å². The Morgan fingerprint density at radius 3 is 3.00 bits per heavy atom. The van der Waals surface area contributed by atoms with Crippen LogP contribution in [0, 0.1) is 0 Å². The number of fused-ring (bicyclic) bond motifs is 1. The van der Waals surface area contributed by atoms with Crippen molar-refractivity contribution in [2.75, 3.05) is 19.6 Å². The third-order valence-electron chi connectivity index (χ3n) is 4.59. The maximum Gasteiger partial charge on any atom is 0.147 e. The summed E-state index contributed by atoms with van der Waals surface area (Å²) in [6.07, 6.45) is 7.76. The molecule has 6 nitrogen and oxygen atoms in total. The molecule has 2 fully saturated rings. The van der Waals surface area contributed by atoms with Crippen LogP contribution >= 0.6 is 0 Å². The molecule has 1 N–H and O–H groups in total. The van der Waals surface area contributed by atoms with Gasteiger partial charge in [-0.1, -0.05) is 0 Å². The van der Waals surface area contributed by atoms with Crippen LogP contribution in [0.2, 0.25) is 0 Å².